The van der Waals surface area contributed by atoms with E-state index in [9.17, 15) is 4.79 Å². The van der Waals surface area contributed by atoms with Crippen LogP contribution in [0.15, 0.2) is 23.0 Å². The molecule has 1 aliphatic heterocycles. The van der Waals surface area contributed by atoms with Gasteiger partial charge in [0, 0.05) is 24.8 Å². The molecule has 35 heavy (non-hydrogen) atoms. The molecule has 0 bridgehead atoms. The molecule has 0 spiro atoms. The Morgan fingerprint density at radius 2 is 1.94 bits per heavy atom. The van der Waals surface area contributed by atoms with Gasteiger partial charge in [0.2, 0.25) is 0 Å². The van der Waals surface area contributed by atoms with E-state index in [1.165, 1.54) is 18.4 Å². The van der Waals surface area contributed by atoms with Gasteiger partial charge < -0.3 is 9.72 Å². The zero-order chi connectivity index (χ0) is 24.5. The minimum absolute atomic E-state index is 0.00564. The van der Waals surface area contributed by atoms with Crippen molar-refractivity contribution >= 4 is 10.9 Å². The van der Waals surface area contributed by atoms with Crippen LogP contribution in [0.4, 0.5) is 0 Å². The zero-order valence-corrected chi connectivity index (χ0v) is 21.5. The first-order chi connectivity index (χ1) is 16.9. The molecular formula is C27H38N6O2. The second-order valence-corrected chi connectivity index (χ2v) is 10.8. The van der Waals surface area contributed by atoms with Gasteiger partial charge in [-0.15, -0.1) is 5.10 Å². The third kappa shape index (κ3) is 5.05. The Hall–Kier alpha value is -2.58. The molecule has 0 radical (unpaired) electrons. The van der Waals surface area contributed by atoms with Crippen molar-refractivity contribution in [3.63, 3.8) is 0 Å². The molecule has 1 saturated heterocycles. The summed E-state index contributed by atoms with van der Waals surface area (Å²) in [6.45, 7) is 10.7. The van der Waals surface area contributed by atoms with Crippen molar-refractivity contribution in [2.24, 2.45) is 5.92 Å². The van der Waals surface area contributed by atoms with Crippen LogP contribution in [0.3, 0.4) is 0 Å². The Balaban J connectivity index is 1.52. The standard InChI is InChI=1S/C27H38N6O2/c1-17(2)25(26-29-30-31-33(26)16-23-10-7-11-35-23)32(22-8-5-6-9-22)15-21-14-20-13-18(3)12-19(4)24(20)28-27(21)34/h12-14,17,22-23,25H,5-11,15-16H2,1-4H3,(H,28,34)/t23-,25-/m0/s1. The van der Waals surface area contributed by atoms with Crippen LogP contribution in [0.25, 0.3) is 10.9 Å². The summed E-state index contributed by atoms with van der Waals surface area (Å²) < 4.78 is 7.82. The summed E-state index contributed by atoms with van der Waals surface area (Å²) in [6, 6.07) is 6.78. The van der Waals surface area contributed by atoms with Crippen molar-refractivity contribution < 1.29 is 4.74 Å². The molecule has 8 nitrogen and oxygen atoms in total. The maximum atomic E-state index is 13.3. The summed E-state index contributed by atoms with van der Waals surface area (Å²) in [5.41, 5.74) is 4.03. The van der Waals surface area contributed by atoms with Gasteiger partial charge in [-0.1, -0.05) is 38.3 Å². The van der Waals surface area contributed by atoms with Gasteiger partial charge in [0.15, 0.2) is 5.82 Å². The molecule has 1 N–H and O–H groups in total. The third-order valence-corrected chi connectivity index (χ3v) is 7.73. The Morgan fingerprint density at radius 3 is 2.66 bits per heavy atom. The van der Waals surface area contributed by atoms with Crippen LogP contribution >= 0.6 is 0 Å². The summed E-state index contributed by atoms with van der Waals surface area (Å²) in [6.07, 6.45) is 7.02. The Kier molecular flexibility index (Phi) is 7.02. The predicted octanol–water partition coefficient (Wildman–Crippen LogP) is 4.45. The number of rotatable bonds is 8. The van der Waals surface area contributed by atoms with Gasteiger partial charge >= 0.3 is 0 Å². The lowest BCUT2D eigenvalue weighted by Gasteiger charge is -2.38. The summed E-state index contributed by atoms with van der Waals surface area (Å²) >= 11 is 0. The van der Waals surface area contributed by atoms with Crippen LogP contribution in [0.2, 0.25) is 0 Å². The molecule has 2 fully saturated rings. The van der Waals surface area contributed by atoms with E-state index in [-0.39, 0.29) is 23.6 Å². The van der Waals surface area contributed by atoms with E-state index in [2.05, 4.69) is 71.3 Å². The van der Waals surface area contributed by atoms with E-state index in [0.717, 1.165) is 60.1 Å². The van der Waals surface area contributed by atoms with Crippen molar-refractivity contribution in [3.05, 3.63) is 51.1 Å². The molecule has 0 amide bonds. The van der Waals surface area contributed by atoms with Gasteiger partial charge in [0.1, 0.15) is 0 Å². The molecule has 2 aromatic heterocycles. The average molecular weight is 479 g/mol. The fraction of sp³-hybridized carbons (Fsp3) is 0.630. The van der Waals surface area contributed by atoms with Crippen molar-refractivity contribution in [2.45, 2.75) is 97.5 Å². The summed E-state index contributed by atoms with van der Waals surface area (Å²) in [7, 11) is 0. The second kappa shape index (κ2) is 10.2. The van der Waals surface area contributed by atoms with E-state index in [4.69, 9.17) is 4.74 Å². The number of fused-ring (bicyclic) bond motifs is 1. The Morgan fingerprint density at radius 1 is 1.14 bits per heavy atom. The first-order valence-corrected chi connectivity index (χ1v) is 13.2. The summed E-state index contributed by atoms with van der Waals surface area (Å²) in [5.74, 6) is 1.17. The number of tetrazole rings is 1. The maximum Gasteiger partial charge on any atom is 0.252 e. The number of hydrogen-bond donors (Lipinski definition) is 1. The van der Waals surface area contributed by atoms with E-state index in [0.29, 0.717) is 19.1 Å². The topological polar surface area (TPSA) is 88.9 Å². The van der Waals surface area contributed by atoms with E-state index < -0.39 is 0 Å². The van der Waals surface area contributed by atoms with Gasteiger partial charge in [-0.3, -0.25) is 9.69 Å². The lowest BCUT2D eigenvalue weighted by molar-refractivity contribution is 0.0718. The number of benzene rings is 1. The number of hydrogen-bond acceptors (Lipinski definition) is 6. The first kappa shape index (κ1) is 24.1. The molecule has 1 aliphatic carbocycles. The van der Waals surface area contributed by atoms with Crippen LogP contribution in [0, 0.1) is 19.8 Å². The highest BCUT2D eigenvalue weighted by Gasteiger charge is 2.36. The van der Waals surface area contributed by atoms with Crippen LogP contribution in [-0.4, -0.2) is 48.8 Å². The van der Waals surface area contributed by atoms with Gasteiger partial charge in [-0.05, 0) is 79.0 Å². The highest BCUT2D eigenvalue weighted by atomic mass is 16.5. The highest BCUT2D eigenvalue weighted by Crippen LogP contribution is 2.36. The van der Waals surface area contributed by atoms with E-state index in [1.807, 2.05) is 4.68 Å². The monoisotopic (exact) mass is 478 g/mol. The number of ether oxygens (including phenoxy) is 1. The molecule has 1 aromatic carbocycles. The molecule has 2 atom stereocenters. The highest BCUT2D eigenvalue weighted by molar-refractivity contribution is 5.82. The van der Waals surface area contributed by atoms with Crippen molar-refractivity contribution in [3.8, 4) is 0 Å². The summed E-state index contributed by atoms with van der Waals surface area (Å²) in [4.78, 5) is 18.9. The van der Waals surface area contributed by atoms with E-state index in [1.54, 1.807) is 0 Å². The number of aryl methyl sites for hydroxylation is 2. The molecule has 5 rings (SSSR count). The van der Waals surface area contributed by atoms with E-state index >= 15 is 0 Å². The minimum atomic E-state index is -0.00564. The normalized spacial score (nSPS) is 20.0. The van der Waals surface area contributed by atoms with Gasteiger partial charge in [0.25, 0.3) is 5.56 Å². The number of pyridine rings is 1. The minimum Gasteiger partial charge on any atom is -0.376 e. The SMILES string of the molecule is Cc1cc(C)c2[nH]c(=O)c(CN(C3CCCC3)[C@H](c3nnnn3C[C@@H]3CCCO3)C(C)C)cc2c1. The average Bonchev–Trinajstić information content (AvgIpc) is 3.58. The lowest BCUT2D eigenvalue weighted by Crippen LogP contribution is -2.41. The largest absolute Gasteiger partial charge is 0.376 e. The first-order valence-electron chi connectivity index (χ1n) is 13.2. The zero-order valence-electron chi connectivity index (χ0n) is 21.5. The van der Waals surface area contributed by atoms with Crippen molar-refractivity contribution in [2.75, 3.05) is 6.61 Å². The predicted molar refractivity (Wildman–Crippen MR) is 136 cm³/mol. The molecule has 188 valence electrons. The third-order valence-electron chi connectivity index (χ3n) is 7.73. The van der Waals surface area contributed by atoms with Crippen LogP contribution in [0.1, 0.15) is 80.9 Å². The fourth-order valence-electron chi connectivity index (χ4n) is 6.10. The fourth-order valence-corrected chi connectivity index (χ4v) is 6.10. The van der Waals surface area contributed by atoms with Gasteiger partial charge in [-0.2, -0.15) is 0 Å². The molecule has 3 heterocycles. The Labute approximate surface area is 207 Å². The van der Waals surface area contributed by atoms with Crippen LogP contribution < -0.4 is 5.56 Å². The summed E-state index contributed by atoms with van der Waals surface area (Å²) in [5, 5.41) is 14.1. The molecule has 3 aromatic rings. The number of aromatic amines is 1. The number of nitrogens with one attached hydrogen (secondary N) is 1. The molecular weight excluding hydrogens is 440 g/mol. The molecule has 1 saturated carbocycles. The van der Waals surface area contributed by atoms with Gasteiger partial charge in [-0.25, -0.2) is 4.68 Å². The van der Waals surface area contributed by atoms with Crippen molar-refractivity contribution in [1.82, 2.24) is 30.1 Å². The molecule has 2 aliphatic rings. The number of H-pyrrole nitrogens is 1. The lowest BCUT2D eigenvalue weighted by atomic mass is 9.97. The Bertz CT molecular complexity index is 1220. The number of nitrogens with zero attached hydrogens (tertiary/aromatic N) is 5. The van der Waals surface area contributed by atoms with Gasteiger partial charge in [0.05, 0.1) is 24.2 Å². The van der Waals surface area contributed by atoms with Crippen LogP contribution in [-0.2, 0) is 17.8 Å². The number of aromatic nitrogens is 5. The quantitative estimate of drug-likeness (QED) is 0.514. The molecule has 8 heteroatoms. The molecule has 0 unspecified atom stereocenters. The second-order valence-electron chi connectivity index (χ2n) is 10.8. The smallest absolute Gasteiger partial charge is 0.252 e. The van der Waals surface area contributed by atoms with Crippen LogP contribution in [0.5, 0.6) is 0 Å². The maximum absolute atomic E-state index is 13.3. The van der Waals surface area contributed by atoms with Crippen molar-refractivity contribution in [1.29, 1.82) is 0 Å².